The van der Waals surface area contributed by atoms with Crippen molar-refractivity contribution in [2.45, 2.75) is 51.6 Å². The molecule has 1 heterocycles. The number of amides is 4. The molecular formula is C30H34ClN3O4. The van der Waals surface area contributed by atoms with Crippen LogP contribution in [0.3, 0.4) is 0 Å². The fourth-order valence-corrected chi connectivity index (χ4v) is 5.37. The Morgan fingerprint density at radius 2 is 1.63 bits per heavy atom. The summed E-state index contributed by atoms with van der Waals surface area (Å²) in [5.74, 6) is -1.67. The van der Waals surface area contributed by atoms with Gasteiger partial charge in [0.2, 0.25) is 23.6 Å². The smallest absolute Gasteiger partial charge is 0.243 e. The van der Waals surface area contributed by atoms with Crippen molar-refractivity contribution in [2.24, 2.45) is 11.8 Å². The molecule has 2 aliphatic rings. The van der Waals surface area contributed by atoms with Crippen molar-refractivity contribution >= 4 is 35.2 Å². The Morgan fingerprint density at radius 3 is 2.26 bits per heavy atom. The molecule has 1 saturated heterocycles. The zero-order valence-electron chi connectivity index (χ0n) is 21.6. The average Bonchev–Trinajstić information content (AvgIpc) is 3.18. The van der Waals surface area contributed by atoms with Crippen LogP contribution < -0.4 is 5.32 Å². The number of carbonyl (C=O) groups is 4. The number of allylic oxidation sites excluding steroid dienone is 2. The molecule has 200 valence electrons. The van der Waals surface area contributed by atoms with Gasteiger partial charge in [-0.05, 0) is 36.5 Å². The molecule has 1 fully saturated rings. The standard InChI is InChI=1S/C30H34ClN3O4/c1-2-17-32-28(36)26(19-21-10-4-3-5-11-21)34(20-22-12-6-9-15-25(22)31)27(35)16-18-33-29(37)23-13-7-8-14-24(23)30(33)38/h3-12,15,23-24,26H,2,13-14,16-20H2,1H3,(H,32,36)/t23-,24+,26?. The van der Waals surface area contributed by atoms with Gasteiger partial charge in [0, 0.05) is 37.5 Å². The minimum atomic E-state index is -0.788. The van der Waals surface area contributed by atoms with E-state index in [4.69, 9.17) is 11.6 Å². The van der Waals surface area contributed by atoms with Crippen LogP contribution in [0.4, 0.5) is 0 Å². The van der Waals surface area contributed by atoms with Gasteiger partial charge in [0.25, 0.3) is 0 Å². The molecular weight excluding hydrogens is 502 g/mol. The maximum atomic E-state index is 13.8. The van der Waals surface area contributed by atoms with Crippen molar-refractivity contribution in [1.29, 1.82) is 0 Å². The van der Waals surface area contributed by atoms with E-state index in [0.29, 0.717) is 36.4 Å². The quantitative estimate of drug-likeness (QED) is 0.346. The molecule has 1 N–H and O–H groups in total. The second kappa shape index (κ2) is 12.9. The predicted molar refractivity (Wildman–Crippen MR) is 146 cm³/mol. The summed E-state index contributed by atoms with van der Waals surface area (Å²) in [6, 6.07) is 16.0. The molecule has 0 radical (unpaired) electrons. The van der Waals surface area contributed by atoms with E-state index < -0.39 is 6.04 Å². The van der Waals surface area contributed by atoms with Crippen molar-refractivity contribution in [1.82, 2.24) is 15.1 Å². The predicted octanol–water partition coefficient (Wildman–Crippen LogP) is 4.15. The molecule has 8 heteroatoms. The Labute approximate surface area is 228 Å². The van der Waals surface area contributed by atoms with Crippen LogP contribution in [0.25, 0.3) is 0 Å². The lowest BCUT2D eigenvalue weighted by molar-refractivity contribution is -0.144. The average molecular weight is 536 g/mol. The maximum absolute atomic E-state index is 13.8. The Hall–Kier alpha value is -3.45. The molecule has 0 saturated carbocycles. The normalized spacial score (nSPS) is 19.3. The summed E-state index contributed by atoms with van der Waals surface area (Å²) in [6.07, 6.45) is 6.00. The summed E-state index contributed by atoms with van der Waals surface area (Å²) < 4.78 is 0. The highest BCUT2D eigenvalue weighted by molar-refractivity contribution is 6.31. The molecule has 4 rings (SSSR count). The van der Waals surface area contributed by atoms with Crippen LogP contribution in [-0.2, 0) is 32.1 Å². The minimum Gasteiger partial charge on any atom is -0.354 e. The van der Waals surface area contributed by atoms with Crippen LogP contribution in [0.1, 0.15) is 43.7 Å². The van der Waals surface area contributed by atoms with Crippen LogP contribution in [0.15, 0.2) is 66.7 Å². The van der Waals surface area contributed by atoms with E-state index in [-0.39, 0.29) is 55.0 Å². The number of rotatable bonds is 11. The van der Waals surface area contributed by atoms with Crippen LogP contribution in [-0.4, -0.2) is 52.6 Å². The zero-order chi connectivity index (χ0) is 27.1. The third-order valence-electron chi connectivity index (χ3n) is 7.27. The third kappa shape index (κ3) is 6.33. The van der Waals surface area contributed by atoms with E-state index >= 15 is 0 Å². The molecule has 1 unspecified atom stereocenters. The first-order valence-corrected chi connectivity index (χ1v) is 13.6. The van der Waals surface area contributed by atoms with Crippen molar-refractivity contribution in [3.05, 3.63) is 82.9 Å². The lowest BCUT2D eigenvalue weighted by Crippen LogP contribution is -2.51. The van der Waals surface area contributed by atoms with Crippen molar-refractivity contribution in [3.8, 4) is 0 Å². The summed E-state index contributed by atoms with van der Waals surface area (Å²) in [4.78, 5) is 55.8. The van der Waals surface area contributed by atoms with Crippen molar-refractivity contribution in [2.75, 3.05) is 13.1 Å². The van der Waals surface area contributed by atoms with E-state index in [1.165, 1.54) is 4.90 Å². The number of carbonyl (C=O) groups excluding carboxylic acids is 4. The van der Waals surface area contributed by atoms with E-state index in [1.807, 2.05) is 67.6 Å². The van der Waals surface area contributed by atoms with E-state index in [9.17, 15) is 19.2 Å². The molecule has 1 aliphatic carbocycles. The highest BCUT2D eigenvalue weighted by atomic mass is 35.5. The summed E-state index contributed by atoms with van der Waals surface area (Å²) >= 11 is 6.45. The highest BCUT2D eigenvalue weighted by Crippen LogP contribution is 2.35. The lowest BCUT2D eigenvalue weighted by Gasteiger charge is -2.32. The molecule has 0 spiro atoms. The van der Waals surface area contributed by atoms with E-state index in [1.54, 1.807) is 11.0 Å². The maximum Gasteiger partial charge on any atom is 0.243 e. The third-order valence-corrected chi connectivity index (χ3v) is 7.64. The molecule has 38 heavy (non-hydrogen) atoms. The molecule has 2 aromatic carbocycles. The molecule has 3 atom stereocenters. The Kier molecular flexibility index (Phi) is 9.34. The molecule has 7 nitrogen and oxygen atoms in total. The summed E-state index contributed by atoms with van der Waals surface area (Å²) in [7, 11) is 0. The molecule has 0 bridgehead atoms. The van der Waals surface area contributed by atoms with Crippen LogP contribution in [0.5, 0.6) is 0 Å². The Balaban J connectivity index is 1.58. The first kappa shape index (κ1) is 27.6. The van der Waals surface area contributed by atoms with Gasteiger partial charge in [-0.25, -0.2) is 0 Å². The summed E-state index contributed by atoms with van der Waals surface area (Å²) in [5, 5.41) is 3.44. The van der Waals surface area contributed by atoms with Crippen LogP contribution in [0.2, 0.25) is 5.02 Å². The number of nitrogens with one attached hydrogen (secondary N) is 1. The van der Waals surface area contributed by atoms with Gasteiger partial charge in [-0.2, -0.15) is 0 Å². The van der Waals surface area contributed by atoms with Gasteiger partial charge in [-0.3, -0.25) is 24.1 Å². The topological polar surface area (TPSA) is 86.8 Å². The fourth-order valence-electron chi connectivity index (χ4n) is 5.17. The number of imide groups is 1. The van der Waals surface area contributed by atoms with Gasteiger partial charge in [0.1, 0.15) is 6.04 Å². The van der Waals surface area contributed by atoms with Gasteiger partial charge in [0.15, 0.2) is 0 Å². The Bertz CT molecular complexity index is 1170. The number of nitrogens with zero attached hydrogens (tertiary/aromatic N) is 2. The second-order valence-corrected chi connectivity index (χ2v) is 10.3. The van der Waals surface area contributed by atoms with Gasteiger partial charge in [-0.15, -0.1) is 0 Å². The first-order chi connectivity index (χ1) is 18.4. The zero-order valence-corrected chi connectivity index (χ0v) is 22.4. The van der Waals surface area contributed by atoms with Gasteiger partial charge >= 0.3 is 0 Å². The number of halogens is 1. The number of fused-ring (bicyclic) bond motifs is 1. The molecule has 1 aliphatic heterocycles. The monoisotopic (exact) mass is 535 g/mol. The molecule has 2 aromatic rings. The number of hydrogen-bond acceptors (Lipinski definition) is 4. The van der Waals surface area contributed by atoms with Crippen molar-refractivity contribution < 1.29 is 19.2 Å². The SMILES string of the molecule is CCCNC(=O)C(Cc1ccccc1)N(Cc1ccccc1Cl)C(=O)CCN1C(=O)[C@H]2CC=CC[C@H]2C1=O. The first-order valence-electron chi connectivity index (χ1n) is 13.3. The number of likely N-dealkylation sites (tertiary alicyclic amines) is 1. The van der Waals surface area contributed by atoms with Crippen molar-refractivity contribution in [3.63, 3.8) is 0 Å². The summed E-state index contributed by atoms with van der Waals surface area (Å²) in [6.45, 7) is 2.59. The van der Waals surface area contributed by atoms with Crippen LogP contribution >= 0.6 is 11.6 Å². The fraction of sp³-hybridized carbons (Fsp3) is 0.400. The Morgan fingerprint density at radius 1 is 1.00 bits per heavy atom. The second-order valence-electron chi connectivity index (χ2n) is 9.84. The van der Waals surface area contributed by atoms with Gasteiger partial charge in [0.05, 0.1) is 11.8 Å². The van der Waals surface area contributed by atoms with Crippen LogP contribution in [0, 0.1) is 11.8 Å². The number of hydrogen-bond donors (Lipinski definition) is 1. The van der Waals surface area contributed by atoms with Gasteiger partial charge < -0.3 is 10.2 Å². The van der Waals surface area contributed by atoms with Gasteiger partial charge in [-0.1, -0.05) is 79.2 Å². The molecule has 0 aromatic heterocycles. The van der Waals surface area contributed by atoms with E-state index in [2.05, 4.69) is 5.32 Å². The van der Waals surface area contributed by atoms with E-state index in [0.717, 1.165) is 12.0 Å². The lowest BCUT2D eigenvalue weighted by atomic mass is 9.85. The minimum absolute atomic E-state index is 0.00282. The highest BCUT2D eigenvalue weighted by Gasteiger charge is 2.47. The summed E-state index contributed by atoms with van der Waals surface area (Å²) in [5.41, 5.74) is 1.64. The molecule has 4 amide bonds. The number of benzene rings is 2. The largest absolute Gasteiger partial charge is 0.354 e.